The molecule has 4 nitrogen and oxygen atoms in total. The van der Waals surface area contributed by atoms with Crippen molar-refractivity contribution in [2.75, 3.05) is 31.3 Å². The third-order valence-electron chi connectivity index (χ3n) is 1.88. The number of ether oxygens (including phenoxy) is 1. The predicted molar refractivity (Wildman–Crippen MR) is 64.9 cm³/mol. The van der Waals surface area contributed by atoms with Crippen molar-refractivity contribution >= 4 is 27.3 Å². The van der Waals surface area contributed by atoms with E-state index in [1.54, 1.807) is 13.2 Å². The fourth-order valence-corrected chi connectivity index (χ4v) is 1.69. The number of nitrogens with two attached hydrogens (primary N) is 1. The molecule has 5 heteroatoms. The molecule has 1 aromatic carbocycles. The first-order chi connectivity index (χ1) is 7.13. The van der Waals surface area contributed by atoms with Gasteiger partial charge in [0.05, 0.1) is 12.7 Å². The Morgan fingerprint density at radius 1 is 1.60 bits per heavy atom. The molecule has 1 atom stereocenters. The summed E-state index contributed by atoms with van der Waals surface area (Å²) in [6, 6.07) is 5.47. The van der Waals surface area contributed by atoms with Gasteiger partial charge in [0.2, 0.25) is 0 Å². The molecule has 0 aliphatic carbocycles. The second kappa shape index (κ2) is 5.95. The molecule has 0 saturated carbocycles. The van der Waals surface area contributed by atoms with Gasteiger partial charge >= 0.3 is 0 Å². The molecule has 0 aliphatic heterocycles. The lowest BCUT2D eigenvalue weighted by atomic mass is 10.2. The van der Waals surface area contributed by atoms with E-state index in [4.69, 9.17) is 10.5 Å². The Morgan fingerprint density at radius 2 is 2.33 bits per heavy atom. The lowest BCUT2D eigenvalue weighted by Crippen LogP contribution is -2.24. The smallest absolute Gasteiger partial charge is 0.0945 e. The first kappa shape index (κ1) is 12.3. The zero-order valence-corrected chi connectivity index (χ0v) is 10.1. The van der Waals surface area contributed by atoms with Crippen molar-refractivity contribution in [3.05, 3.63) is 22.7 Å². The van der Waals surface area contributed by atoms with Gasteiger partial charge in [0.25, 0.3) is 0 Å². The number of rotatable bonds is 5. The molecule has 1 aromatic rings. The van der Waals surface area contributed by atoms with Gasteiger partial charge < -0.3 is 20.9 Å². The fraction of sp³-hybridized carbons (Fsp3) is 0.400. The Balaban J connectivity index is 2.50. The van der Waals surface area contributed by atoms with Gasteiger partial charge in [0, 0.05) is 29.5 Å². The van der Waals surface area contributed by atoms with Crippen LogP contribution in [0.15, 0.2) is 22.7 Å². The monoisotopic (exact) mass is 274 g/mol. The van der Waals surface area contributed by atoms with E-state index < -0.39 is 6.10 Å². The highest BCUT2D eigenvalue weighted by molar-refractivity contribution is 9.10. The topological polar surface area (TPSA) is 67.5 Å². The van der Waals surface area contributed by atoms with Gasteiger partial charge in [-0.2, -0.15) is 0 Å². The lowest BCUT2D eigenvalue weighted by molar-refractivity contribution is 0.0727. The van der Waals surface area contributed by atoms with Crippen molar-refractivity contribution in [2.45, 2.75) is 6.10 Å². The molecule has 1 rings (SSSR count). The van der Waals surface area contributed by atoms with Crippen molar-refractivity contribution in [3.8, 4) is 0 Å². The molecule has 1 unspecified atom stereocenters. The summed E-state index contributed by atoms with van der Waals surface area (Å²) in [5.74, 6) is 0. The Morgan fingerprint density at radius 3 is 2.93 bits per heavy atom. The van der Waals surface area contributed by atoms with Gasteiger partial charge in [0.15, 0.2) is 0 Å². The van der Waals surface area contributed by atoms with Crippen LogP contribution in [0, 0.1) is 0 Å². The molecule has 0 spiro atoms. The maximum Gasteiger partial charge on any atom is 0.0945 e. The Labute approximate surface area is 97.6 Å². The van der Waals surface area contributed by atoms with Crippen molar-refractivity contribution < 1.29 is 9.84 Å². The SMILES string of the molecule is COCC(O)CNc1ccc(N)cc1Br. The number of methoxy groups -OCH3 is 1. The number of halogens is 1. The van der Waals surface area contributed by atoms with Crippen molar-refractivity contribution in [1.29, 1.82) is 0 Å². The second-order valence-corrected chi connectivity index (χ2v) is 4.08. The van der Waals surface area contributed by atoms with Crippen LogP contribution in [0.2, 0.25) is 0 Å². The number of hydrogen-bond acceptors (Lipinski definition) is 4. The number of aliphatic hydroxyl groups is 1. The molecule has 84 valence electrons. The fourth-order valence-electron chi connectivity index (χ4n) is 1.15. The molecular formula is C10H15BrN2O2. The molecule has 0 heterocycles. The molecular weight excluding hydrogens is 260 g/mol. The summed E-state index contributed by atoms with van der Waals surface area (Å²) >= 11 is 3.38. The van der Waals surface area contributed by atoms with Gasteiger partial charge in [-0.3, -0.25) is 0 Å². The van der Waals surface area contributed by atoms with Crippen LogP contribution in [0.25, 0.3) is 0 Å². The third kappa shape index (κ3) is 4.07. The lowest BCUT2D eigenvalue weighted by Gasteiger charge is -2.13. The van der Waals surface area contributed by atoms with E-state index in [2.05, 4.69) is 21.2 Å². The highest BCUT2D eigenvalue weighted by atomic mass is 79.9. The molecule has 15 heavy (non-hydrogen) atoms. The number of anilines is 2. The largest absolute Gasteiger partial charge is 0.399 e. The highest BCUT2D eigenvalue weighted by Gasteiger charge is 2.04. The Hall–Kier alpha value is -0.780. The predicted octanol–water partition coefficient (Wildman–Crippen LogP) is 1.45. The minimum atomic E-state index is -0.514. The average Bonchev–Trinajstić information content (AvgIpc) is 2.17. The molecule has 0 aliphatic rings. The van der Waals surface area contributed by atoms with E-state index in [-0.39, 0.29) is 0 Å². The standard InChI is InChI=1S/C10H15BrN2O2/c1-15-6-8(14)5-13-10-3-2-7(12)4-9(10)11/h2-4,8,13-14H,5-6,12H2,1H3. The summed E-state index contributed by atoms with van der Waals surface area (Å²) in [6.07, 6.45) is -0.514. The average molecular weight is 275 g/mol. The quantitative estimate of drug-likeness (QED) is 0.711. The molecule has 4 N–H and O–H groups in total. The highest BCUT2D eigenvalue weighted by Crippen LogP contribution is 2.24. The van der Waals surface area contributed by atoms with E-state index >= 15 is 0 Å². The summed E-state index contributed by atoms with van der Waals surface area (Å²) in [7, 11) is 1.56. The molecule has 0 bridgehead atoms. The van der Waals surface area contributed by atoms with E-state index in [0.717, 1.165) is 10.2 Å². The van der Waals surface area contributed by atoms with E-state index in [1.807, 2.05) is 12.1 Å². The summed E-state index contributed by atoms with van der Waals surface area (Å²) in [5, 5.41) is 12.5. The minimum Gasteiger partial charge on any atom is -0.399 e. The maximum atomic E-state index is 9.43. The van der Waals surface area contributed by atoms with Crippen LogP contribution in [-0.4, -0.2) is 31.5 Å². The minimum absolute atomic E-state index is 0.319. The summed E-state index contributed by atoms with van der Waals surface area (Å²) in [5.41, 5.74) is 7.21. The van der Waals surface area contributed by atoms with E-state index in [1.165, 1.54) is 0 Å². The number of nitrogens with one attached hydrogen (secondary N) is 1. The van der Waals surface area contributed by atoms with Crippen LogP contribution in [-0.2, 0) is 4.74 Å². The maximum absolute atomic E-state index is 9.43. The Bertz CT molecular complexity index is 320. The molecule has 0 fully saturated rings. The van der Waals surface area contributed by atoms with Crippen LogP contribution in [0.5, 0.6) is 0 Å². The summed E-state index contributed by atoms with van der Waals surface area (Å²) in [4.78, 5) is 0. The van der Waals surface area contributed by atoms with Gasteiger partial charge in [-0.05, 0) is 34.1 Å². The Kier molecular flexibility index (Phi) is 4.87. The van der Waals surface area contributed by atoms with E-state index in [0.29, 0.717) is 18.8 Å². The van der Waals surface area contributed by atoms with Gasteiger partial charge in [-0.15, -0.1) is 0 Å². The van der Waals surface area contributed by atoms with Gasteiger partial charge in [0.1, 0.15) is 0 Å². The number of hydrogen-bond donors (Lipinski definition) is 3. The summed E-state index contributed by atoms with van der Waals surface area (Å²) < 4.78 is 5.70. The molecule has 0 radical (unpaired) electrons. The van der Waals surface area contributed by atoms with E-state index in [9.17, 15) is 5.11 Å². The normalized spacial score (nSPS) is 12.5. The molecule has 0 aromatic heterocycles. The van der Waals surface area contributed by atoms with Gasteiger partial charge in [-0.1, -0.05) is 0 Å². The van der Waals surface area contributed by atoms with Crippen molar-refractivity contribution in [2.24, 2.45) is 0 Å². The first-order valence-electron chi connectivity index (χ1n) is 4.59. The number of benzene rings is 1. The van der Waals surface area contributed by atoms with Crippen LogP contribution in [0.3, 0.4) is 0 Å². The number of nitrogen functional groups attached to an aromatic ring is 1. The number of aliphatic hydroxyl groups excluding tert-OH is 1. The molecule has 0 amide bonds. The van der Waals surface area contributed by atoms with Crippen LogP contribution in [0.1, 0.15) is 0 Å². The van der Waals surface area contributed by atoms with Crippen LogP contribution < -0.4 is 11.1 Å². The van der Waals surface area contributed by atoms with Crippen molar-refractivity contribution in [3.63, 3.8) is 0 Å². The zero-order chi connectivity index (χ0) is 11.3. The summed E-state index contributed by atoms with van der Waals surface area (Å²) in [6.45, 7) is 0.760. The van der Waals surface area contributed by atoms with Crippen LogP contribution >= 0.6 is 15.9 Å². The first-order valence-corrected chi connectivity index (χ1v) is 5.38. The van der Waals surface area contributed by atoms with Crippen LogP contribution in [0.4, 0.5) is 11.4 Å². The third-order valence-corrected chi connectivity index (χ3v) is 2.54. The zero-order valence-electron chi connectivity index (χ0n) is 8.53. The van der Waals surface area contributed by atoms with Crippen molar-refractivity contribution in [1.82, 2.24) is 0 Å². The van der Waals surface area contributed by atoms with Gasteiger partial charge in [-0.25, -0.2) is 0 Å². The molecule has 0 saturated heterocycles. The second-order valence-electron chi connectivity index (χ2n) is 3.23.